The number of nitrogens with zero attached hydrogens (tertiary/aromatic N) is 5. The average molecular weight is 368 g/mol. The Balaban J connectivity index is 1.94. The summed E-state index contributed by atoms with van der Waals surface area (Å²) in [5, 5.41) is 19.6. The molecule has 0 bridgehead atoms. The summed E-state index contributed by atoms with van der Waals surface area (Å²) in [6, 6.07) is 5.85. The third kappa shape index (κ3) is 2.98. The maximum atomic E-state index is 10.8. The monoisotopic (exact) mass is 367 g/mol. The molecule has 3 aromatic rings. The van der Waals surface area contributed by atoms with E-state index < -0.39 is 11.0 Å². The van der Waals surface area contributed by atoms with Crippen LogP contribution in [0.4, 0.5) is 5.82 Å². The Morgan fingerprint density at radius 2 is 2.08 bits per heavy atom. The van der Waals surface area contributed by atoms with Crippen molar-refractivity contribution < 1.29 is 9.45 Å². The van der Waals surface area contributed by atoms with Crippen molar-refractivity contribution in [3.8, 4) is 11.4 Å². The van der Waals surface area contributed by atoms with E-state index in [1.54, 1.807) is 32.0 Å². The number of hydrogen-bond acceptors (Lipinski definition) is 6. The van der Waals surface area contributed by atoms with Crippen molar-refractivity contribution in [3.05, 3.63) is 56.0 Å². The number of rotatable bonds is 4. The Morgan fingerprint density at radius 1 is 1.33 bits per heavy atom. The van der Waals surface area contributed by atoms with Crippen molar-refractivity contribution in [2.45, 2.75) is 19.9 Å². The van der Waals surface area contributed by atoms with Crippen molar-refractivity contribution in [2.75, 3.05) is 0 Å². The molecule has 0 aliphatic rings. The highest BCUT2D eigenvalue weighted by atomic mass is 35.5. The number of aromatic nitrogens is 4. The van der Waals surface area contributed by atoms with E-state index >= 15 is 0 Å². The first-order chi connectivity index (χ1) is 11.4. The minimum atomic E-state index is -0.553. The lowest BCUT2D eigenvalue weighted by atomic mass is 10.2. The molecule has 2 heterocycles. The van der Waals surface area contributed by atoms with Crippen molar-refractivity contribution in [1.29, 1.82) is 0 Å². The molecule has 0 fully saturated rings. The third-order valence-corrected chi connectivity index (χ3v) is 3.98. The van der Waals surface area contributed by atoms with E-state index in [-0.39, 0.29) is 11.7 Å². The minimum Gasteiger partial charge on any atom is -0.358 e. The van der Waals surface area contributed by atoms with Crippen LogP contribution >= 0.6 is 23.2 Å². The molecule has 2 aromatic heterocycles. The highest BCUT2D eigenvalue weighted by Gasteiger charge is 2.25. The molecule has 0 aliphatic heterocycles. The van der Waals surface area contributed by atoms with Crippen molar-refractivity contribution in [2.24, 2.45) is 0 Å². The summed E-state index contributed by atoms with van der Waals surface area (Å²) in [4.78, 5) is 14.6. The molecule has 8 nitrogen and oxygen atoms in total. The van der Waals surface area contributed by atoms with E-state index in [0.29, 0.717) is 27.1 Å². The highest BCUT2D eigenvalue weighted by Crippen LogP contribution is 2.30. The zero-order valence-electron chi connectivity index (χ0n) is 12.6. The van der Waals surface area contributed by atoms with Crippen LogP contribution in [-0.2, 0) is 0 Å². The van der Waals surface area contributed by atoms with Gasteiger partial charge in [0.15, 0.2) is 0 Å². The van der Waals surface area contributed by atoms with Gasteiger partial charge >= 0.3 is 5.82 Å². The van der Waals surface area contributed by atoms with Crippen LogP contribution in [0.25, 0.3) is 11.4 Å². The predicted molar refractivity (Wildman–Crippen MR) is 87.2 cm³/mol. The fourth-order valence-corrected chi connectivity index (χ4v) is 2.74. The van der Waals surface area contributed by atoms with Crippen LogP contribution in [0.15, 0.2) is 28.8 Å². The van der Waals surface area contributed by atoms with Gasteiger partial charge in [0.05, 0.1) is 21.9 Å². The molecule has 0 spiro atoms. The predicted octanol–water partition coefficient (Wildman–Crippen LogP) is 4.07. The molecule has 1 unspecified atom stereocenters. The second kappa shape index (κ2) is 6.21. The number of benzene rings is 1. The van der Waals surface area contributed by atoms with Gasteiger partial charge in [0, 0.05) is 10.6 Å². The van der Waals surface area contributed by atoms with Crippen molar-refractivity contribution in [3.63, 3.8) is 0 Å². The van der Waals surface area contributed by atoms with Crippen molar-refractivity contribution in [1.82, 2.24) is 19.9 Å². The lowest BCUT2D eigenvalue weighted by Crippen LogP contribution is -2.10. The second-order valence-electron chi connectivity index (χ2n) is 5.10. The van der Waals surface area contributed by atoms with Gasteiger partial charge in [-0.1, -0.05) is 28.4 Å². The molecule has 124 valence electrons. The maximum Gasteiger partial charge on any atom is 0.390 e. The summed E-state index contributed by atoms with van der Waals surface area (Å²) in [6.07, 6.45) is 0. The Hall–Kier alpha value is -2.45. The zero-order valence-corrected chi connectivity index (χ0v) is 14.1. The Morgan fingerprint density at radius 3 is 2.71 bits per heavy atom. The van der Waals surface area contributed by atoms with Gasteiger partial charge in [0.2, 0.25) is 5.82 Å². The SMILES string of the molecule is Cc1cc([N+](=O)[O-])nn1C(C)c1nc(-c2ccc(Cl)cc2Cl)no1. The molecule has 3 rings (SSSR count). The van der Waals surface area contributed by atoms with Gasteiger partial charge in [-0.3, -0.25) is 0 Å². The van der Waals surface area contributed by atoms with Gasteiger partial charge in [0.1, 0.15) is 6.04 Å². The molecule has 0 amide bonds. The summed E-state index contributed by atoms with van der Waals surface area (Å²) in [5.74, 6) is 0.328. The van der Waals surface area contributed by atoms with E-state index in [4.69, 9.17) is 27.7 Å². The van der Waals surface area contributed by atoms with Crippen LogP contribution in [-0.4, -0.2) is 24.8 Å². The quantitative estimate of drug-likeness (QED) is 0.508. The number of aryl methyl sites for hydroxylation is 1. The van der Waals surface area contributed by atoms with Crippen LogP contribution in [0.5, 0.6) is 0 Å². The first-order valence-electron chi connectivity index (χ1n) is 6.86. The van der Waals surface area contributed by atoms with E-state index in [2.05, 4.69) is 15.2 Å². The first-order valence-corrected chi connectivity index (χ1v) is 7.62. The maximum absolute atomic E-state index is 10.8. The minimum absolute atomic E-state index is 0.236. The molecule has 0 saturated heterocycles. The van der Waals surface area contributed by atoms with Crippen molar-refractivity contribution >= 4 is 29.0 Å². The van der Waals surface area contributed by atoms with E-state index in [9.17, 15) is 10.1 Å². The number of hydrogen-bond donors (Lipinski definition) is 0. The number of halogens is 2. The van der Waals surface area contributed by atoms with Gasteiger partial charge in [-0.2, -0.15) is 9.67 Å². The van der Waals surface area contributed by atoms with Crippen LogP contribution < -0.4 is 0 Å². The zero-order chi connectivity index (χ0) is 17.4. The fraction of sp³-hybridized carbons (Fsp3) is 0.214. The normalized spacial score (nSPS) is 12.3. The third-order valence-electron chi connectivity index (χ3n) is 3.43. The molecule has 0 saturated carbocycles. The van der Waals surface area contributed by atoms with Gasteiger partial charge in [-0.05, 0) is 37.0 Å². The average Bonchev–Trinajstić information content (AvgIpc) is 3.13. The Labute approximate surface area is 146 Å². The molecule has 0 aliphatic carbocycles. The molecule has 1 atom stereocenters. The van der Waals surface area contributed by atoms with Crippen LogP contribution in [0, 0.1) is 17.0 Å². The highest BCUT2D eigenvalue weighted by molar-refractivity contribution is 6.36. The molecular formula is C14H11Cl2N5O3. The van der Waals surface area contributed by atoms with Gasteiger partial charge in [-0.15, -0.1) is 0 Å². The molecule has 10 heteroatoms. The second-order valence-corrected chi connectivity index (χ2v) is 5.95. The van der Waals surface area contributed by atoms with Gasteiger partial charge < -0.3 is 14.6 Å². The van der Waals surface area contributed by atoms with E-state index in [1.807, 2.05) is 0 Å². The Bertz CT molecular complexity index is 921. The van der Waals surface area contributed by atoms with Crippen LogP contribution in [0.3, 0.4) is 0 Å². The Kier molecular flexibility index (Phi) is 4.25. The van der Waals surface area contributed by atoms with Crippen LogP contribution in [0.2, 0.25) is 10.0 Å². The standard InChI is InChI=1S/C14H11Cl2N5O3/c1-7-5-12(21(22)23)18-20(7)8(2)14-17-13(19-24-14)10-4-3-9(15)6-11(10)16/h3-6,8H,1-2H3. The largest absolute Gasteiger partial charge is 0.390 e. The molecule has 24 heavy (non-hydrogen) atoms. The van der Waals surface area contributed by atoms with Crippen LogP contribution in [0.1, 0.15) is 24.6 Å². The summed E-state index contributed by atoms with van der Waals surface area (Å²) < 4.78 is 6.72. The molecule has 0 radical (unpaired) electrons. The first kappa shape index (κ1) is 16.4. The molecular weight excluding hydrogens is 357 g/mol. The lowest BCUT2D eigenvalue weighted by Gasteiger charge is -2.04. The summed E-state index contributed by atoms with van der Waals surface area (Å²) in [7, 11) is 0. The fourth-order valence-electron chi connectivity index (χ4n) is 2.24. The summed E-state index contributed by atoms with van der Waals surface area (Å²) in [6.45, 7) is 3.47. The van der Waals surface area contributed by atoms with Gasteiger partial charge in [0.25, 0.3) is 5.89 Å². The molecule has 1 aromatic carbocycles. The van der Waals surface area contributed by atoms with Gasteiger partial charge in [-0.25, -0.2) is 0 Å². The molecule has 0 N–H and O–H groups in total. The summed E-state index contributed by atoms with van der Waals surface area (Å²) in [5.41, 5.74) is 1.19. The summed E-state index contributed by atoms with van der Waals surface area (Å²) >= 11 is 12.0. The lowest BCUT2D eigenvalue weighted by molar-refractivity contribution is -0.389. The smallest absolute Gasteiger partial charge is 0.358 e. The topological polar surface area (TPSA) is 99.9 Å². The van der Waals surface area contributed by atoms with E-state index in [0.717, 1.165) is 0 Å². The number of nitro groups is 1. The van der Waals surface area contributed by atoms with E-state index in [1.165, 1.54) is 10.7 Å².